The Bertz CT molecular complexity index is 322. The molecule has 88 valence electrons. The van der Waals surface area contributed by atoms with Crippen molar-refractivity contribution in [2.75, 3.05) is 5.32 Å². The van der Waals surface area contributed by atoms with Gasteiger partial charge in [-0.05, 0) is 36.7 Å². The van der Waals surface area contributed by atoms with Gasteiger partial charge < -0.3 is 11.1 Å². The summed E-state index contributed by atoms with van der Waals surface area (Å²) in [5.41, 5.74) is 6.62. The number of nitrogens with one attached hydrogen (secondary N) is 1. The summed E-state index contributed by atoms with van der Waals surface area (Å²) in [4.78, 5) is 4.24. The number of thiocarbonyl (C=S) groups is 1. The largest absolute Gasteiger partial charge is 0.376 e. The molecule has 3 nitrogen and oxygen atoms in total. The summed E-state index contributed by atoms with van der Waals surface area (Å²) in [7, 11) is 0. The number of anilines is 1. The molecule has 0 radical (unpaired) electrons. The fourth-order valence-electron chi connectivity index (χ4n) is 1.53. The lowest BCUT2D eigenvalue weighted by Crippen LogP contribution is -2.19. The fourth-order valence-corrected chi connectivity index (χ4v) is 1.63. The first-order valence-electron chi connectivity index (χ1n) is 5.73. The van der Waals surface area contributed by atoms with Crippen LogP contribution in [0.15, 0.2) is 18.3 Å². The van der Waals surface area contributed by atoms with E-state index in [1.54, 1.807) is 0 Å². The Morgan fingerprint density at radius 1 is 1.38 bits per heavy atom. The van der Waals surface area contributed by atoms with E-state index >= 15 is 0 Å². The molecule has 0 aliphatic carbocycles. The zero-order chi connectivity index (χ0) is 11.8. The molecule has 0 fully saturated rings. The van der Waals surface area contributed by atoms with E-state index < -0.39 is 0 Å². The van der Waals surface area contributed by atoms with Gasteiger partial charge in [-0.1, -0.05) is 32.3 Å². The van der Waals surface area contributed by atoms with E-state index in [4.69, 9.17) is 18.0 Å². The normalized spacial score (nSPS) is 10.1. The van der Waals surface area contributed by atoms with Crippen molar-refractivity contribution in [2.45, 2.75) is 39.0 Å². The van der Waals surface area contributed by atoms with Crippen LogP contribution in [0, 0.1) is 0 Å². The van der Waals surface area contributed by atoms with Crippen molar-refractivity contribution in [1.29, 1.82) is 0 Å². The molecule has 0 aliphatic rings. The SMILES string of the molecule is CCCCCCc1ccc(NC(N)=S)nc1. The van der Waals surface area contributed by atoms with Gasteiger partial charge in [-0.25, -0.2) is 4.98 Å². The summed E-state index contributed by atoms with van der Waals surface area (Å²) in [6.45, 7) is 2.22. The fraction of sp³-hybridized carbons (Fsp3) is 0.500. The van der Waals surface area contributed by atoms with Gasteiger partial charge in [-0.15, -0.1) is 0 Å². The summed E-state index contributed by atoms with van der Waals surface area (Å²) in [6.07, 6.45) is 8.09. The first kappa shape index (κ1) is 12.9. The van der Waals surface area contributed by atoms with Crippen LogP contribution in [0.25, 0.3) is 0 Å². The Labute approximate surface area is 102 Å². The van der Waals surface area contributed by atoms with E-state index in [9.17, 15) is 0 Å². The van der Waals surface area contributed by atoms with Gasteiger partial charge in [0.25, 0.3) is 0 Å². The minimum atomic E-state index is 0.253. The van der Waals surface area contributed by atoms with Crippen LogP contribution in [-0.2, 0) is 6.42 Å². The average Bonchev–Trinajstić information content (AvgIpc) is 2.26. The van der Waals surface area contributed by atoms with E-state index in [0.717, 1.165) is 6.42 Å². The number of unbranched alkanes of at least 4 members (excludes halogenated alkanes) is 3. The number of aryl methyl sites for hydroxylation is 1. The van der Waals surface area contributed by atoms with Crippen LogP contribution in [0.2, 0.25) is 0 Å². The standard InChI is InChI=1S/C12H19N3S/c1-2-3-4-5-6-10-7-8-11(14-9-10)15-12(13)16/h7-9H,2-6H2,1H3,(H3,13,14,15,16). The highest BCUT2D eigenvalue weighted by Gasteiger charge is 1.97. The van der Waals surface area contributed by atoms with Crippen molar-refractivity contribution in [3.8, 4) is 0 Å². The summed E-state index contributed by atoms with van der Waals surface area (Å²) >= 11 is 4.74. The number of hydrogen-bond acceptors (Lipinski definition) is 2. The molecule has 0 aromatic carbocycles. The van der Waals surface area contributed by atoms with E-state index in [1.165, 1.54) is 31.2 Å². The van der Waals surface area contributed by atoms with Gasteiger partial charge in [0.05, 0.1) is 0 Å². The molecule has 0 unspecified atom stereocenters. The van der Waals surface area contributed by atoms with Gasteiger partial charge in [0.15, 0.2) is 5.11 Å². The van der Waals surface area contributed by atoms with Crippen molar-refractivity contribution in [3.63, 3.8) is 0 Å². The summed E-state index contributed by atoms with van der Waals surface area (Å²) in [5.74, 6) is 0.713. The summed E-state index contributed by atoms with van der Waals surface area (Å²) in [5, 5.41) is 3.06. The first-order valence-corrected chi connectivity index (χ1v) is 6.14. The molecule has 0 spiro atoms. The second kappa shape index (κ2) is 7.17. The average molecular weight is 237 g/mol. The van der Waals surface area contributed by atoms with Gasteiger partial charge in [0.2, 0.25) is 0 Å². The minimum Gasteiger partial charge on any atom is -0.376 e. The van der Waals surface area contributed by atoms with Crippen LogP contribution in [-0.4, -0.2) is 10.1 Å². The summed E-state index contributed by atoms with van der Waals surface area (Å²) < 4.78 is 0. The number of nitrogens with two attached hydrogens (primary N) is 1. The molecule has 0 amide bonds. The van der Waals surface area contributed by atoms with Crippen molar-refractivity contribution in [1.82, 2.24) is 4.98 Å². The maximum Gasteiger partial charge on any atom is 0.169 e. The predicted octanol–water partition coefficient (Wildman–Crippen LogP) is 2.86. The van der Waals surface area contributed by atoms with Gasteiger partial charge in [0, 0.05) is 6.20 Å². The third-order valence-corrected chi connectivity index (χ3v) is 2.50. The Hall–Kier alpha value is -1.16. The number of rotatable bonds is 6. The molecule has 1 aromatic rings. The summed E-state index contributed by atoms with van der Waals surface area (Å²) in [6, 6.07) is 3.98. The Kier molecular flexibility index (Phi) is 5.78. The molecular weight excluding hydrogens is 218 g/mol. The lowest BCUT2D eigenvalue weighted by molar-refractivity contribution is 0.666. The van der Waals surface area contributed by atoms with Crippen molar-refractivity contribution < 1.29 is 0 Å². The molecule has 16 heavy (non-hydrogen) atoms. The molecule has 0 atom stereocenters. The zero-order valence-electron chi connectivity index (χ0n) is 9.70. The Balaban J connectivity index is 2.36. The second-order valence-electron chi connectivity index (χ2n) is 3.85. The van der Waals surface area contributed by atoms with Crippen molar-refractivity contribution in [2.24, 2.45) is 5.73 Å². The Morgan fingerprint density at radius 2 is 2.19 bits per heavy atom. The topological polar surface area (TPSA) is 50.9 Å². The maximum atomic E-state index is 5.36. The monoisotopic (exact) mass is 237 g/mol. The molecule has 1 rings (SSSR count). The molecule has 0 bridgehead atoms. The number of nitrogens with zero attached hydrogens (tertiary/aromatic N) is 1. The number of pyridine rings is 1. The van der Waals surface area contributed by atoms with Crippen molar-refractivity contribution >= 4 is 23.1 Å². The quantitative estimate of drug-likeness (QED) is 0.590. The number of aromatic nitrogens is 1. The predicted molar refractivity (Wildman–Crippen MR) is 72.5 cm³/mol. The molecule has 0 saturated heterocycles. The molecule has 0 saturated carbocycles. The van der Waals surface area contributed by atoms with Gasteiger partial charge >= 0.3 is 0 Å². The van der Waals surface area contributed by atoms with Crippen LogP contribution in [0.4, 0.5) is 5.82 Å². The maximum absolute atomic E-state index is 5.36. The highest BCUT2D eigenvalue weighted by molar-refractivity contribution is 7.80. The highest BCUT2D eigenvalue weighted by atomic mass is 32.1. The van der Waals surface area contributed by atoms with Gasteiger partial charge in [-0.3, -0.25) is 0 Å². The lowest BCUT2D eigenvalue weighted by atomic mass is 10.1. The van der Waals surface area contributed by atoms with Crippen LogP contribution < -0.4 is 11.1 Å². The van der Waals surface area contributed by atoms with E-state index in [0.29, 0.717) is 5.82 Å². The molecule has 1 heterocycles. The Morgan fingerprint density at radius 3 is 2.75 bits per heavy atom. The first-order chi connectivity index (χ1) is 7.72. The van der Waals surface area contributed by atoms with E-state index in [2.05, 4.69) is 23.3 Å². The molecule has 4 heteroatoms. The zero-order valence-corrected chi connectivity index (χ0v) is 10.5. The third kappa shape index (κ3) is 5.07. The molecule has 0 aliphatic heterocycles. The molecule has 3 N–H and O–H groups in total. The van der Waals surface area contributed by atoms with Crippen LogP contribution in [0.5, 0.6) is 0 Å². The van der Waals surface area contributed by atoms with Crippen LogP contribution in [0.1, 0.15) is 38.2 Å². The van der Waals surface area contributed by atoms with E-state index in [1.807, 2.05) is 12.3 Å². The third-order valence-electron chi connectivity index (χ3n) is 2.40. The smallest absolute Gasteiger partial charge is 0.169 e. The van der Waals surface area contributed by atoms with Crippen molar-refractivity contribution in [3.05, 3.63) is 23.9 Å². The van der Waals surface area contributed by atoms with Gasteiger partial charge in [0.1, 0.15) is 5.82 Å². The molecule has 1 aromatic heterocycles. The number of hydrogen-bond donors (Lipinski definition) is 2. The van der Waals surface area contributed by atoms with Crippen LogP contribution >= 0.6 is 12.2 Å². The molecular formula is C12H19N3S. The van der Waals surface area contributed by atoms with E-state index in [-0.39, 0.29) is 5.11 Å². The lowest BCUT2D eigenvalue weighted by Gasteiger charge is -2.04. The van der Waals surface area contributed by atoms with Gasteiger partial charge in [-0.2, -0.15) is 0 Å². The highest BCUT2D eigenvalue weighted by Crippen LogP contribution is 2.09. The van der Waals surface area contributed by atoms with Crippen LogP contribution in [0.3, 0.4) is 0 Å². The second-order valence-corrected chi connectivity index (χ2v) is 4.29. The minimum absolute atomic E-state index is 0.253.